The maximum absolute atomic E-state index is 12.0. The van der Waals surface area contributed by atoms with Crippen molar-refractivity contribution in [3.05, 3.63) is 0 Å². The minimum absolute atomic E-state index is 0.0376. The molecule has 0 aromatic rings. The molecule has 96 valence electrons. The summed E-state index contributed by atoms with van der Waals surface area (Å²) in [6.07, 6.45) is 3.41. The van der Waals surface area contributed by atoms with Gasteiger partial charge in [0.25, 0.3) is 0 Å². The van der Waals surface area contributed by atoms with Crippen molar-refractivity contribution in [2.24, 2.45) is 11.8 Å². The largest absolute Gasteiger partial charge is 0.378 e. The molecular weight excluding hydrogens is 216 g/mol. The molecule has 2 heterocycles. The number of ether oxygens (including phenoxy) is 1. The van der Waals surface area contributed by atoms with E-state index in [0.29, 0.717) is 12.5 Å². The molecule has 0 aromatic heterocycles. The van der Waals surface area contributed by atoms with Gasteiger partial charge in [-0.3, -0.25) is 9.69 Å². The number of hydrogen-bond donors (Lipinski definition) is 1. The minimum atomic E-state index is -0.0581. The van der Waals surface area contributed by atoms with Gasteiger partial charge >= 0.3 is 0 Å². The molecule has 17 heavy (non-hydrogen) atoms. The number of fused-ring (bicyclic) bond motifs is 2. The van der Waals surface area contributed by atoms with Gasteiger partial charge in [-0.2, -0.15) is 0 Å². The molecule has 3 fully saturated rings. The third-order valence-electron chi connectivity index (χ3n) is 4.98. The highest BCUT2D eigenvalue weighted by molar-refractivity contribution is 5.85. The predicted molar refractivity (Wildman–Crippen MR) is 64.4 cm³/mol. The van der Waals surface area contributed by atoms with E-state index in [9.17, 15) is 4.79 Å². The van der Waals surface area contributed by atoms with Gasteiger partial charge < -0.3 is 10.1 Å². The Bertz CT molecular complexity index is 333. The average Bonchev–Trinajstić information content (AvgIpc) is 2.59. The first-order valence-corrected chi connectivity index (χ1v) is 6.79. The Balaban J connectivity index is 1.85. The van der Waals surface area contributed by atoms with Crippen LogP contribution in [0.3, 0.4) is 0 Å². The summed E-state index contributed by atoms with van der Waals surface area (Å²) in [6, 6.07) is -0.0376. The van der Waals surface area contributed by atoms with Crippen LogP contribution in [0.2, 0.25) is 0 Å². The van der Waals surface area contributed by atoms with E-state index in [1.807, 2.05) is 0 Å². The summed E-state index contributed by atoms with van der Waals surface area (Å²) in [5.41, 5.74) is -0.0581. The molecule has 4 unspecified atom stereocenters. The lowest BCUT2D eigenvalue weighted by Gasteiger charge is -2.47. The van der Waals surface area contributed by atoms with Gasteiger partial charge in [0.15, 0.2) is 0 Å². The van der Waals surface area contributed by atoms with Crippen molar-refractivity contribution in [1.82, 2.24) is 10.2 Å². The molecule has 2 aliphatic heterocycles. The topological polar surface area (TPSA) is 41.6 Å². The maximum Gasteiger partial charge on any atom is 0.241 e. The second-order valence-corrected chi connectivity index (χ2v) is 6.00. The van der Waals surface area contributed by atoms with E-state index in [2.05, 4.69) is 24.1 Å². The van der Waals surface area contributed by atoms with Gasteiger partial charge in [0.2, 0.25) is 5.91 Å². The van der Waals surface area contributed by atoms with Crippen LogP contribution in [0.1, 0.15) is 33.1 Å². The van der Waals surface area contributed by atoms with Crippen LogP contribution in [0.25, 0.3) is 0 Å². The Morgan fingerprint density at radius 3 is 3.00 bits per heavy atom. The normalized spacial score (nSPS) is 46.9. The number of nitrogens with zero attached hydrogens (tertiary/aromatic N) is 1. The molecule has 3 aliphatic rings. The van der Waals surface area contributed by atoms with E-state index in [1.54, 1.807) is 0 Å². The Hall–Kier alpha value is -0.610. The highest BCUT2D eigenvalue weighted by atomic mass is 16.5. The Morgan fingerprint density at radius 1 is 1.41 bits per heavy atom. The quantitative estimate of drug-likeness (QED) is 0.683. The van der Waals surface area contributed by atoms with Gasteiger partial charge in [0, 0.05) is 6.54 Å². The predicted octanol–water partition coefficient (Wildman–Crippen LogP) is 0.969. The summed E-state index contributed by atoms with van der Waals surface area (Å²) in [4.78, 5) is 14.4. The third-order valence-corrected chi connectivity index (χ3v) is 4.98. The van der Waals surface area contributed by atoms with Crippen LogP contribution in [-0.2, 0) is 9.53 Å². The molecule has 4 heteroatoms. The van der Waals surface area contributed by atoms with Gasteiger partial charge in [-0.15, -0.1) is 0 Å². The molecule has 4 nitrogen and oxygen atoms in total. The Kier molecular flexibility index (Phi) is 2.67. The first-order valence-electron chi connectivity index (χ1n) is 6.79. The highest BCUT2D eigenvalue weighted by Crippen LogP contribution is 2.42. The number of carbonyl (C=O) groups is 1. The number of carbonyl (C=O) groups excluding carboxylic acids is 1. The zero-order chi connectivity index (χ0) is 12.0. The van der Waals surface area contributed by atoms with E-state index >= 15 is 0 Å². The fraction of sp³-hybridized carbons (Fsp3) is 0.923. The van der Waals surface area contributed by atoms with Crippen molar-refractivity contribution < 1.29 is 9.53 Å². The van der Waals surface area contributed by atoms with E-state index in [4.69, 9.17) is 4.74 Å². The van der Waals surface area contributed by atoms with Gasteiger partial charge in [0.1, 0.15) is 6.04 Å². The molecule has 0 bridgehead atoms. The van der Waals surface area contributed by atoms with E-state index in [0.717, 1.165) is 31.9 Å². The summed E-state index contributed by atoms with van der Waals surface area (Å²) in [7, 11) is 0. The lowest BCUT2D eigenvalue weighted by Crippen LogP contribution is -2.59. The smallest absolute Gasteiger partial charge is 0.241 e. The first kappa shape index (κ1) is 11.5. The van der Waals surface area contributed by atoms with Crippen molar-refractivity contribution in [1.29, 1.82) is 0 Å². The van der Waals surface area contributed by atoms with Crippen LogP contribution in [0, 0.1) is 11.8 Å². The van der Waals surface area contributed by atoms with Gasteiger partial charge in [-0.1, -0.05) is 13.8 Å². The lowest BCUT2D eigenvalue weighted by molar-refractivity contribution is -0.125. The van der Waals surface area contributed by atoms with Crippen LogP contribution in [0.15, 0.2) is 0 Å². The summed E-state index contributed by atoms with van der Waals surface area (Å²) in [6.45, 7) is 6.86. The van der Waals surface area contributed by atoms with Crippen LogP contribution in [0.5, 0.6) is 0 Å². The standard InChI is InChI=1S/C13H22N2O2/c1-9-3-4-13(7-10(9)2)14-12(16)11-8-17-6-5-15(11)13/h9-11H,3-8H2,1-2H3,(H,14,16). The second-order valence-electron chi connectivity index (χ2n) is 6.00. The third kappa shape index (κ3) is 1.69. The molecule has 1 spiro atoms. The average molecular weight is 238 g/mol. The zero-order valence-corrected chi connectivity index (χ0v) is 10.7. The monoisotopic (exact) mass is 238 g/mol. The summed E-state index contributed by atoms with van der Waals surface area (Å²) >= 11 is 0. The van der Waals surface area contributed by atoms with Crippen LogP contribution in [0.4, 0.5) is 0 Å². The zero-order valence-electron chi connectivity index (χ0n) is 10.7. The number of morpholine rings is 1. The number of amides is 1. The van der Waals surface area contributed by atoms with Gasteiger partial charge in [0.05, 0.1) is 18.9 Å². The van der Waals surface area contributed by atoms with Crippen molar-refractivity contribution in [3.63, 3.8) is 0 Å². The van der Waals surface area contributed by atoms with E-state index < -0.39 is 0 Å². The Labute approximate surface area is 103 Å². The van der Waals surface area contributed by atoms with Gasteiger partial charge in [-0.05, 0) is 31.1 Å². The molecule has 1 aliphatic carbocycles. The molecule has 0 radical (unpaired) electrons. The SMILES string of the molecule is CC1CCC2(CC1C)NC(=O)C1COCCN12. The Morgan fingerprint density at radius 2 is 2.24 bits per heavy atom. The first-order chi connectivity index (χ1) is 8.12. The van der Waals surface area contributed by atoms with Crippen molar-refractivity contribution in [3.8, 4) is 0 Å². The summed E-state index contributed by atoms with van der Waals surface area (Å²) < 4.78 is 5.43. The number of rotatable bonds is 0. The molecule has 1 saturated carbocycles. The molecule has 1 amide bonds. The fourth-order valence-electron chi connectivity index (χ4n) is 3.68. The number of nitrogens with one attached hydrogen (secondary N) is 1. The molecule has 4 atom stereocenters. The van der Waals surface area contributed by atoms with Crippen molar-refractivity contribution in [2.45, 2.75) is 44.8 Å². The molecule has 1 N–H and O–H groups in total. The maximum atomic E-state index is 12.0. The summed E-state index contributed by atoms with van der Waals surface area (Å²) in [5, 5.41) is 3.27. The summed E-state index contributed by atoms with van der Waals surface area (Å²) in [5.74, 6) is 1.63. The minimum Gasteiger partial charge on any atom is -0.378 e. The molecule has 0 aromatic carbocycles. The van der Waals surface area contributed by atoms with E-state index in [-0.39, 0.29) is 17.6 Å². The molecular formula is C13H22N2O2. The molecule has 2 saturated heterocycles. The van der Waals surface area contributed by atoms with Crippen molar-refractivity contribution >= 4 is 5.91 Å². The second kappa shape index (κ2) is 3.95. The molecule has 3 rings (SSSR count). The number of hydrogen-bond acceptors (Lipinski definition) is 3. The van der Waals surface area contributed by atoms with Crippen LogP contribution < -0.4 is 5.32 Å². The lowest BCUT2D eigenvalue weighted by atomic mass is 9.75. The van der Waals surface area contributed by atoms with Crippen molar-refractivity contribution in [2.75, 3.05) is 19.8 Å². The van der Waals surface area contributed by atoms with Crippen LogP contribution >= 0.6 is 0 Å². The van der Waals surface area contributed by atoms with Crippen LogP contribution in [-0.4, -0.2) is 42.3 Å². The van der Waals surface area contributed by atoms with E-state index in [1.165, 1.54) is 6.42 Å². The highest BCUT2D eigenvalue weighted by Gasteiger charge is 2.53. The fourth-order valence-corrected chi connectivity index (χ4v) is 3.68. The van der Waals surface area contributed by atoms with Gasteiger partial charge in [-0.25, -0.2) is 0 Å².